The van der Waals surface area contributed by atoms with Crippen molar-refractivity contribution in [3.63, 3.8) is 0 Å². The second-order valence-electron chi connectivity index (χ2n) is 7.39. The number of pyridine rings is 1. The van der Waals surface area contributed by atoms with E-state index < -0.39 is 0 Å². The van der Waals surface area contributed by atoms with Crippen LogP contribution in [0.2, 0.25) is 0 Å². The molecule has 0 aliphatic heterocycles. The molecule has 1 atom stereocenters. The SMILES string of the molecule is CC(NC(=O)CCC(=O)c1ccc2c(c1)CCCC2)c1nnc2ccccn12. The zero-order chi connectivity index (χ0) is 19.5. The summed E-state index contributed by atoms with van der Waals surface area (Å²) < 4.78 is 1.85. The Bertz CT molecular complexity index is 1020. The maximum atomic E-state index is 12.5. The van der Waals surface area contributed by atoms with Crippen LogP contribution in [0.3, 0.4) is 0 Å². The topological polar surface area (TPSA) is 76.4 Å². The lowest BCUT2D eigenvalue weighted by Crippen LogP contribution is -2.28. The summed E-state index contributed by atoms with van der Waals surface area (Å²) in [7, 11) is 0. The number of hydrogen-bond donors (Lipinski definition) is 1. The summed E-state index contributed by atoms with van der Waals surface area (Å²) in [5.41, 5.74) is 4.09. The minimum absolute atomic E-state index is 0.0177. The number of amides is 1. The van der Waals surface area contributed by atoms with Gasteiger partial charge in [0.2, 0.25) is 5.91 Å². The number of fused-ring (bicyclic) bond motifs is 2. The molecule has 2 aromatic heterocycles. The Morgan fingerprint density at radius 1 is 1.07 bits per heavy atom. The number of Topliss-reactive ketones (excluding diaryl/α,β-unsaturated/α-hetero) is 1. The first-order chi connectivity index (χ1) is 13.6. The van der Waals surface area contributed by atoms with Gasteiger partial charge in [-0.15, -0.1) is 10.2 Å². The molecule has 4 rings (SSSR count). The van der Waals surface area contributed by atoms with Crippen LogP contribution in [0.25, 0.3) is 5.65 Å². The summed E-state index contributed by atoms with van der Waals surface area (Å²) in [6.07, 6.45) is 6.78. The number of aromatic nitrogens is 3. The Hall–Kier alpha value is -3.02. The molecule has 2 heterocycles. The highest BCUT2D eigenvalue weighted by Gasteiger charge is 2.17. The first-order valence-electron chi connectivity index (χ1n) is 9.86. The van der Waals surface area contributed by atoms with Crippen LogP contribution in [0.1, 0.15) is 66.0 Å². The van der Waals surface area contributed by atoms with E-state index in [1.807, 2.05) is 47.9 Å². The standard InChI is InChI=1S/C22H24N4O2/c1-15(22-25-24-20-8-4-5-13-26(20)22)23-21(28)12-11-19(27)18-10-9-16-6-2-3-7-17(16)14-18/h4-5,8-10,13-15H,2-3,6-7,11-12H2,1H3,(H,23,28). The molecule has 0 radical (unpaired) electrons. The van der Waals surface area contributed by atoms with Crippen molar-refractivity contribution in [1.29, 1.82) is 0 Å². The van der Waals surface area contributed by atoms with Gasteiger partial charge in [0.1, 0.15) is 0 Å². The second kappa shape index (κ2) is 7.92. The Morgan fingerprint density at radius 2 is 1.89 bits per heavy atom. The van der Waals surface area contributed by atoms with E-state index in [1.54, 1.807) is 0 Å². The van der Waals surface area contributed by atoms with Crippen LogP contribution >= 0.6 is 0 Å². The third kappa shape index (κ3) is 3.81. The largest absolute Gasteiger partial charge is 0.346 e. The van der Waals surface area contributed by atoms with E-state index in [9.17, 15) is 9.59 Å². The van der Waals surface area contributed by atoms with E-state index in [1.165, 1.54) is 24.0 Å². The first kappa shape index (κ1) is 18.3. The Balaban J connectivity index is 1.34. The molecule has 144 valence electrons. The van der Waals surface area contributed by atoms with Crippen LogP contribution in [-0.2, 0) is 17.6 Å². The fraction of sp³-hybridized carbons (Fsp3) is 0.364. The molecule has 0 bridgehead atoms. The van der Waals surface area contributed by atoms with Gasteiger partial charge in [0.05, 0.1) is 6.04 Å². The number of carbonyl (C=O) groups is 2. The molecular weight excluding hydrogens is 352 g/mol. The number of aryl methyl sites for hydroxylation is 2. The number of carbonyl (C=O) groups excluding carboxylic acids is 2. The average molecular weight is 376 g/mol. The van der Waals surface area contributed by atoms with E-state index in [-0.39, 0.29) is 30.6 Å². The van der Waals surface area contributed by atoms with Crippen molar-refractivity contribution >= 4 is 17.3 Å². The zero-order valence-corrected chi connectivity index (χ0v) is 16.0. The van der Waals surface area contributed by atoms with Crippen molar-refractivity contribution < 1.29 is 9.59 Å². The minimum atomic E-state index is -0.288. The molecule has 0 fully saturated rings. The summed E-state index contributed by atoms with van der Waals surface area (Å²) >= 11 is 0. The van der Waals surface area contributed by atoms with Gasteiger partial charge >= 0.3 is 0 Å². The van der Waals surface area contributed by atoms with Crippen LogP contribution in [0.5, 0.6) is 0 Å². The first-order valence-corrected chi connectivity index (χ1v) is 9.86. The van der Waals surface area contributed by atoms with E-state index in [0.29, 0.717) is 11.4 Å². The number of rotatable bonds is 6. The molecule has 0 saturated heterocycles. The molecule has 28 heavy (non-hydrogen) atoms. The quantitative estimate of drug-likeness (QED) is 0.669. The lowest BCUT2D eigenvalue weighted by atomic mass is 9.89. The second-order valence-corrected chi connectivity index (χ2v) is 7.39. The fourth-order valence-corrected chi connectivity index (χ4v) is 3.81. The highest BCUT2D eigenvalue weighted by molar-refractivity contribution is 5.98. The molecule has 0 saturated carbocycles. The maximum absolute atomic E-state index is 12.5. The molecule has 1 aromatic carbocycles. The van der Waals surface area contributed by atoms with E-state index in [0.717, 1.165) is 18.5 Å². The van der Waals surface area contributed by atoms with E-state index in [2.05, 4.69) is 21.6 Å². The Labute approximate surface area is 164 Å². The van der Waals surface area contributed by atoms with Gasteiger partial charge in [-0.3, -0.25) is 14.0 Å². The number of hydrogen-bond acceptors (Lipinski definition) is 4. The van der Waals surface area contributed by atoms with Gasteiger partial charge in [-0.25, -0.2) is 0 Å². The summed E-state index contributed by atoms with van der Waals surface area (Å²) in [5, 5.41) is 11.2. The van der Waals surface area contributed by atoms with Gasteiger partial charge in [0.25, 0.3) is 0 Å². The van der Waals surface area contributed by atoms with Crippen molar-refractivity contribution in [3.05, 3.63) is 65.1 Å². The van der Waals surface area contributed by atoms with Gasteiger partial charge in [0.15, 0.2) is 17.3 Å². The van der Waals surface area contributed by atoms with E-state index >= 15 is 0 Å². The summed E-state index contributed by atoms with van der Waals surface area (Å²) in [5.74, 6) is 0.528. The third-order valence-corrected chi connectivity index (χ3v) is 5.35. The minimum Gasteiger partial charge on any atom is -0.346 e. The summed E-state index contributed by atoms with van der Waals surface area (Å²) in [4.78, 5) is 24.9. The van der Waals surface area contributed by atoms with Crippen LogP contribution in [0, 0.1) is 0 Å². The Kier molecular flexibility index (Phi) is 5.19. The summed E-state index contributed by atoms with van der Waals surface area (Å²) in [6, 6.07) is 11.3. The third-order valence-electron chi connectivity index (χ3n) is 5.35. The molecular formula is C22H24N4O2. The highest BCUT2D eigenvalue weighted by Crippen LogP contribution is 2.23. The molecule has 1 amide bonds. The number of nitrogens with one attached hydrogen (secondary N) is 1. The number of nitrogens with zero attached hydrogens (tertiary/aromatic N) is 3. The smallest absolute Gasteiger partial charge is 0.221 e. The van der Waals surface area contributed by atoms with Gasteiger partial charge in [0, 0.05) is 24.6 Å². The highest BCUT2D eigenvalue weighted by atomic mass is 16.2. The molecule has 1 N–H and O–H groups in total. The van der Waals surface area contributed by atoms with Crippen molar-refractivity contribution in [1.82, 2.24) is 19.9 Å². The van der Waals surface area contributed by atoms with Crippen molar-refractivity contribution in [2.24, 2.45) is 0 Å². The van der Waals surface area contributed by atoms with Gasteiger partial charge < -0.3 is 5.32 Å². The molecule has 1 aliphatic rings. The number of benzene rings is 1. The van der Waals surface area contributed by atoms with Crippen molar-refractivity contribution in [2.75, 3.05) is 0 Å². The predicted octanol–water partition coefficient (Wildman–Crippen LogP) is 3.45. The molecule has 3 aromatic rings. The van der Waals surface area contributed by atoms with Gasteiger partial charge in [-0.05, 0) is 61.9 Å². The maximum Gasteiger partial charge on any atom is 0.221 e. The number of ketones is 1. The fourth-order valence-electron chi connectivity index (χ4n) is 3.81. The Morgan fingerprint density at radius 3 is 2.75 bits per heavy atom. The molecule has 6 nitrogen and oxygen atoms in total. The molecule has 6 heteroatoms. The molecule has 1 unspecified atom stereocenters. The molecule has 1 aliphatic carbocycles. The zero-order valence-electron chi connectivity index (χ0n) is 16.0. The van der Waals surface area contributed by atoms with Crippen LogP contribution in [-0.4, -0.2) is 26.3 Å². The monoisotopic (exact) mass is 376 g/mol. The van der Waals surface area contributed by atoms with Gasteiger partial charge in [-0.2, -0.15) is 0 Å². The lowest BCUT2D eigenvalue weighted by Gasteiger charge is -2.16. The normalized spacial score (nSPS) is 14.5. The average Bonchev–Trinajstić information content (AvgIpc) is 3.16. The van der Waals surface area contributed by atoms with E-state index in [4.69, 9.17) is 0 Å². The molecule has 0 spiro atoms. The predicted molar refractivity (Wildman–Crippen MR) is 106 cm³/mol. The van der Waals surface area contributed by atoms with Crippen LogP contribution in [0.15, 0.2) is 42.6 Å². The van der Waals surface area contributed by atoms with Crippen LogP contribution in [0.4, 0.5) is 0 Å². The van der Waals surface area contributed by atoms with Crippen LogP contribution < -0.4 is 5.32 Å². The van der Waals surface area contributed by atoms with Gasteiger partial charge in [-0.1, -0.05) is 18.2 Å². The summed E-state index contributed by atoms with van der Waals surface area (Å²) in [6.45, 7) is 1.87. The van der Waals surface area contributed by atoms with Crippen molar-refractivity contribution in [3.8, 4) is 0 Å². The lowest BCUT2D eigenvalue weighted by molar-refractivity contribution is -0.121. The van der Waals surface area contributed by atoms with Crippen molar-refractivity contribution in [2.45, 2.75) is 51.5 Å².